The van der Waals surface area contributed by atoms with Crippen molar-refractivity contribution in [2.45, 2.75) is 18.9 Å². The van der Waals surface area contributed by atoms with Gasteiger partial charge in [-0.2, -0.15) is 0 Å². The molecule has 0 spiro atoms. The van der Waals surface area contributed by atoms with Gasteiger partial charge in [0, 0.05) is 28.9 Å². The Balaban J connectivity index is 1.45. The summed E-state index contributed by atoms with van der Waals surface area (Å²) in [4.78, 5) is 15.2. The predicted molar refractivity (Wildman–Crippen MR) is 94.1 cm³/mol. The molecule has 3 aliphatic heterocycles. The molecule has 6 rings (SSSR count). The van der Waals surface area contributed by atoms with Gasteiger partial charge in [-0.25, -0.2) is 0 Å². The number of hydrogen-bond acceptors (Lipinski definition) is 3. The fraction of sp³-hybridized carbons (Fsp3) is 0.350. The maximum atomic E-state index is 12.7. The van der Waals surface area contributed by atoms with E-state index in [1.54, 1.807) is 0 Å². The molecule has 1 atom stereocenters. The second-order valence-electron chi connectivity index (χ2n) is 7.03. The van der Waals surface area contributed by atoms with Crippen LogP contribution in [0.4, 0.5) is 0 Å². The van der Waals surface area contributed by atoms with Crippen molar-refractivity contribution in [2.24, 2.45) is 5.92 Å². The van der Waals surface area contributed by atoms with E-state index in [1.165, 1.54) is 25.9 Å². The number of rotatable bonds is 2. The summed E-state index contributed by atoms with van der Waals surface area (Å²) < 4.78 is 5.84. The molecule has 2 bridgehead atoms. The summed E-state index contributed by atoms with van der Waals surface area (Å²) >= 11 is 0. The normalized spacial score (nSPS) is 26.1. The van der Waals surface area contributed by atoms with Crippen LogP contribution in [0.25, 0.3) is 21.9 Å². The minimum Gasteiger partial charge on any atom is -0.456 e. The lowest BCUT2D eigenvalue weighted by atomic mass is 9.84. The second kappa shape index (κ2) is 5.35. The van der Waals surface area contributed by atoms with Crippen molar-refractivity contribution >= 4 is 27.8 Å². The molecule has 122 valence electrons. The van der Waals surface area contributed by atoms with Gasteiger partial charge in [-0.05, 0) is 56.1 Å². The van der Waals surface area contributed by atoms with Gasteiger partial charge in [0.15, 0.2) is 0 Å². The molecule has 0 saturated carbocycles. The van der Waals surface area contributed by atoms with E-state index < -0.39 is 0 Å². The van der Waals surface area contributed by atoms with Gasteiger partial charge in [0.25, 0.3) is 5.91 Å². The summed E-state index contributed by atoms with van der Waals surface area (Å²) in [5.74, 6) is 0.665. The number of piperidine rings is 3. The van der Waals surface area contributed by atoms with Gasteiger partial charge in [-0.3, -0.25) is 4.79 Å². The molecular formula is C20H20N2O2. The summed E-state index contributed by atoms with van der Waals surface area (Å²) in [5, 5.41) is 5.33. The number of carbonyl (C=O) groups excluding carboxylic acids is 1. The van der Waals surface area contributed by atoms with Crippen molar-refractivity contribution < 1.29 is 9.21 Å². The highest BCUT2D eigenvalue weighted by atomic mass is 16.3. The molecule has 24 heavy (non-hydrogen) atoms. The summed E-state index contributed by atoms with van der Waals surface area (Å²) in [7, 11) is 0. The van der Waals surface area contributed by atoms with E-state index >= 15 is 0 Å². The number of nitrogens with zero attached hydrogens (tertiary/aromatic N) is 1. The van der Waals surface area contributed by atoms with E-state index in [0.29, 0.717) is 11.5 Å². The van der Waals surface area contributed by atoms with E-state index in [4.69, 9.17) is 4.42 Å². The zero-order valence-electron chi connectivity index (χ0n) is 13.5. The molecule has 3 saturated heterocycles. The first-order valence-corrected chi connectivity index (χ1v) is 8.72. The number of nitrogens with one attached hydrogen (secondary N) is 1. The Labute approximate surface area is 140 Å². The molecule has 4 heterocycles. The third-order valence-electron chi connectivity index (χ3n) is 5.61. The third-order valence-corrected chi connectivity index (χ3v) is 5.61. The van der Waals surface area contributed by atoms with Crippen molar-refractivity contribution in [1.29, 1.82) is 0 Å². The number of furan rings is 1. The van der Waals surface area contributed by atoms with Gasteiger partial charge in [-0.15, -0.1) is 0 Å². The van der Waals surface area contributed by atoms with E-state index in [2.05, 4.69) is 10.2 Å². The van der Waals surface area contributed by atoms with Crippen LogP contribution in [0.15, 0.2) is 46.9 Å². The monoisotopic (exact) mass is 320 g/mol. The molecule has 0 radical (unpaired) electrons. The highest BCUT2D eigenvalue weighted by Crippen LogP contribution is 2.30. The molecular weight excluding hydrogens is 300 g/mol. The van der Waals surface area contributed by atoms with Crippen LogP contribution < -0.4 is 5.32 Å². The number of hydrogen-bond donors (Lipinski definition) is 1. The highest BCUT2D eigenvalue weighted by Gasteiger charge is 2.34. The Morgan fingerprint density at radius 2 is 1.83 bits per heavy atom. The topological polar surface area (TPSA) is 45.5 Å². The number of para-hydroxylation sites is 1. The Kier molecular flexibility index (Phi) is 3.13. The molecule has 3 fully saturated rings. The minimum absolute atomic E-state index is 0.0286. The molecule has 0 unspecified atom stereocenters. The van der Waals surface area contributed by atoms with Crippen LogP contribution in [0.5, 0.6) is 0 Å². The lowest BCUT2D eigenvalue weighted by Crippen LogP contribution is -2.57. The first kappa shape index (κ1) is 14.1. The van der Waals surface area contributed by atoms with Gasteiger partial charge in [0.05, 0.1) is 0 Å². The lowest BCUT2D eigenvalue weighted by molar-refractivity contribution is 0.0620. The van der Waals surface area contributed by atoms with Crippen LogP contribution in [0.1, 0.15) is 23.2 Å². The van der Waals surface area contributed by atoms with E-state index in [1.807, 2.05) is 42.5 Å². The minimum atomic E-state index is 0.0286. The van der Waals surface area contributed by atoms with Crippen LogP contribution in [0, 0.1) is 5.92 Å². The molecule has 1 N–H and O–H groups in total. The molecule has 0 aliphatic carbocycles. The van der Waals surface area contributed by atoms with E-state index in [0.717, 1.165) is 28.5 Å². The maximum absolute atomic E-state index is 12.7. The molecule has 4 heteroatoms. The Morgan fingerprint density at radius 3 is 2.62 bits per heavy atom. The first-order valence-electron chi connectivity index (χ1n) is 8.72. The van der Waals surface area contributed by atoms with Crippen LogP contribution in [0.2, 0.25) is 0 Å². The summed E-state index contributed by atoms with van der Waals surface area (Å²) in [6.07, 6.45) is 2.41. The van der Waals surface area contributed by atoms with Crippen LogP contribution in [-0.4, -0.2) is 36.5 Å². The van der Waals surface area contributed by atoms with Gasteiger partial charge >= 0.3 is 0 Å². The fourth-order valence-corrected chi connectivity index (χ4v) is 4.25. The Morgan fingerprint density at radius 1 is 1.04 bits per heavy atom. The van der Waals surface area contributed by atoms with Crippen molar-refractivity contribution in [2.75, 3.05) is 19.6 Å². The number of amides is 1. The van der Waals surface area contributed by atoms with Crippen molar-refractivity contribution in [3.8, 4) is 0 Å². The largest absolute Gasteiger partial charge is 0.456 e. The standard InChI is InChI=1S/C20H20N2O2/c23-20(21-17-12-22-9-7-13(17)8-10-22)14-5-6-19-16(11-14)15-3-1-2-4-18(15)24-19/h1-6,11,13,17H,7-10,12H2,(H,21,23)/t17-/m0/s1. The smallest absolute Gasteiger partial charge is 0.251 e. The van der Waals surface area contributed by atoms with Gasteiger partial charge in [0.2, 0.25) is 0 Å². The van der Waals surface area contributed by atoms with Gasteiger partial charge in [-0.1, -0.05) is 18.2 Å². The molecule has 1 amide bonds. The predicted octanol–water partition coefficient (Wildman–Crippen LogP) is 3.41. The second-order valence-corrected chi connectivity index (χ2v) is 7.03. The van der Waals surface area contributed by atoms with Crippen molar-refractivity contribution in [3.05, 3.63) is 48.0 Å². The fourth-order valence-electron chi connectivity index (χ4n) is 4.25. The SMILES string of the molecule is O=C(N[C@H]1CN2CCC1CC2)c1ccc2oc3ccccc3c2c1. The van der Waals surface area contributed by atoms with Gasteiger partial charge in [0.1, 0.15) is 11.2 Å². The summed E-state index contributed by atoms with van der Waals surface area (Å²) in [6.45, 7) is 3.36. The molecule has 3 aromatic rings. The number of carbonyl (C=O) groups is 1. The van der Waals surface area contributed by atoms with E-state index in [-0.39, 0.29) is 11.9 Å². The number of benzene rings is 2. The molecule has 2 aromatic carbocycles. The lowest BCUT2D eigenvalue weighted by Gasteiger charge is -2.44. The molecule has 4 nitrogen and oxygen atoms in total. The third kappa shape index (κ3) is 2.21. The first-order chi connectivity index (χ1) is 11.8. The zero-order valence-corrected chi connectivity index (χ0v) is 13.5. The Hall–Kier alpha value is -2.33. The number of fused-ring (bicyclic) bond motifs is 6. The zero-order chi connectivity index (χ0) is 16.1. The average molecular weight is 320 g/mol. The van der Waals surface area contributed by atoms with Crippen LogP contribution in [0.3, 0.4) is 0 Å². The Bertz CT molecular complexity index is 922. The van der Waals surface area contributed by atoms with Crippen LogP contribution in [-0.2, 0) is 0 Å². The van der Waals surface area contributed by atoms with E-state index in [9.17, 15) is 4.79 Å². The quantitative estimate of drug-likeness (QED) is 0.787. The summed E-state index contributed by atoms with van der Waals surface area (Å²) in [6, 6.07) is 14.0. The van der Waals surface area contributed by atoms with Crippen molar-refractivity contribution in [1.82, 2.24) is 10.2 Å². The van der Waals surface area contributed by atoms with Gasteiger partial charge < -0.3 is 14.6 Å². The molecule has 1 aromatic heterocycles. The average Bonchev–Trinajstić information content (AvgIpc) is 3.00. The van der Waals surface area contributed by atoms with Crippen molar-refractivity contribution in [3.63, 3.8) is 0 Å². The maximum Gasteiger partial charge on any atom is 0.251 e. The molecule has 3 aliphatic rings. The highest BCUT2D eigenvalue weighted by molar-refractivity contribution is 6.08. The van der Waals surface area contributed by atoms with Crippen LogP contribution >= 0.6 is 0 Å². The summed E-state index contributed by atoms with van der Waals surface area (Å²) in [5.41, 5.74) is 2.41.